The number of nitrogens with zero attached hydrogens (tertiary/aromatic N) is 2. The Kier molecular flexibility index (Phi) is 6.47. The average Bonchev–Trinajstić information content (AvgIpc) is 2.71. The second-order valence-corrected chi connectivity index (χ2v) is 8.88. The highest BCUT2D eigenvalue weighted by Gasteiger charge is 2.48. The number of carbonyl (C=O) groups is 1. The molecule has 1 saturated heterocycles. The van der Waals surface area contributed by atoms with Crippen LogP contribution in [0.3, 0.4) is 0 Å². The third kappa shape index (κ3) is 4.81. The molecule has 11 heteroatoms. The highest BCUT2D eigenvalue weighted by Crippen LogP contribution is 2.35. The third-order valence-corrected chi connectivity index (χ3v) is 6.36. The van der Waals surface area contributed by atoms with Gasteiger partial charge in [0.05, 0.1) is 0 Å². The first kappa shape index (κ1) is 22.2. The van der Waals surface area contributed by atoms with E-state index in [9.17, 15) is 26.4 Å². The Morgan fingerprint density at radius 2 is 1.70 bits per heavy atom. The zero-order valence-corrected chi connectivity index (χ0v) is 17.2. The van der Waals surface area contributed by atoms with Gasteiger partial charge >= 0.3 is 5.51 Å². The number of carbonyl (C=O) groups excluding carboxylic acids is 1. The molecule has 0 bridgehead atoms. The zero-order valence-electron chi connectivity index (χ0n) is 15.6. The Morgan fingerprint density at radius 3 is 2.33 bits per heavy atom. The predicted molar refractivity (Wildman–Crippen MR) is 105 cm³/mol. The van der Waals surface area contributed by atoms with E-state index >= 15 is 0 Å². The van der Waals surface area contributed by atoms with Gasteiger partial charge in [-0.1, -0.05) is 29.8 Å². The monoisotopic (exact) mass is 462 g/mol. The van der Waals surface area contributed by atoms with Crippen molar-refractivity contribution in [3.05, 3.63) is 53.6 Å². The van der Waals surface area contributed by atoms with Crippen LogP contribution in [0.5, 0.6) is 5.75 Å². The number of piperazine rings is 1. The minimum absolute atomic E-state index is 0.386. The molecule has 1 amide bonds. The van der Waals surface area contributed by atoms with Gasteiger partial charge in [-0.25, -0.2) is 8.42 Å². The third-order valence-electron chi connectivity index (χ3n) is 4.60. The van der Waals surface area contributed by atoms with Crippen molar-refractivity contribution < 1.29 is 31.1 Å². The molecule has 30 heavy (non-hydrogen) atoms. The molecule has 1 fully saturated rings. The van der Waals surface area contributed by atoms with E-state index in [0.29, 0.717) is 31.2 Å². The lowest BCUT2D eigenvalue weighted by atomic mass is 10.2. The van der Waals surface area contributed by atoms with Crippen LogP contribution in [0.4, 0.5) is 18.9 Å². The molecule has 2 aromatic carbocycles. The number of sulfone groups is 1. The van der Waals surface area contributed by atoms with E-state index in [1.54, 1.807) is 6.07 Å². The fourth-order valence-electron chi connectivity index (χ4n) is 3.03. The number of alkyl halides is 3. The van der Waals surface area contributed by atoms with Crippen LogP contribution in [0.25, 0.3) is 0 Å². The van der Waals surface area contributed by atoms with E-state index in [4.69, 9.17) is 16.3 Å². The molecule has 162 valence electrons. The number of rotatable bonds is 5. The maximum atomic E-state index is 12.9. The molecule has 6 nitrogen and oxygen atoms in total. The van der Waals surface area contributed by atoms with Crippen molar-refractivity contribution in [2.75, 3.05) is 37.7 Å². The first-order valence-electron chi connectivity index (χ1n) is 8.91. The fourth-order valence-corrected chi connectivity index (χ4v) is 4.12. The van der Waals surface area contributed by atoms with Crippen molar-refractivity contribution in [1.29, 1.82) is 0 Å². The van der Waals surface area contributed by atoms with Crippen molar-refractivity contribution in [2.24, 2.45) is 0 Å². The summed E-state index contributed by atoms with van der Waals surface area (Å²) in [6.45, 7) is 1.30. The van der Waals surface area contributed by atoms with Crippen molar-refractivity contribution in [2.45, 2.75) is 10.4 Å². The number of benzene rings is 2. The summed E-state index contributed by atoms with van der Waals surface area (Å²) in [7, 11) is -5.59. The van der Waals surface area contributed by atoms with Crippen molar-refractivity contribution >= 4 is 33.0 Å². The zero-order chi connectivity index (χ0) is 21.9. The van der Waals surface area contributed by atoms with Crippen LogP contribution in [0.1, 0.15) is 0 Å². The van der Waals surface area contributed by atoms with Crippen LogP contribution >= 0.6 is 11.6 Å². The van der Waals surface area contributed by atoms with Gasteiger partial charge in [0.2, 0.25) is 0 Å². The van der Waals surface area contributed by atoms with E-state index in [-0.39, 0.29) is 0 Å². The summed E-state index contributed by atoms with van der Waals surface area (Å²) in [5.41, 5.74) is -4.54. The standard InChI is InChI=1S/C19H18ClF3N2O4S/c20-14-4-3-5-15(12-14)24-8-10-25(11-9-24)18(26)13-29-16-6-1-2-7-17(16)30(27,28)19(21,22)23/h1-7,12H,8-11,13H2. The van der Waals surface area contributed by atoms with Gasteiger partial charge in [-0.2, -0.15) is 13.2 Å². The van der Waals surface area contributed by atoms with E-state index in [0.717, 1.165) is 23.9 Å². The summed E-state index contributed by atoms with van der Waals surface area (Å²) >= 11 is 5.99. The summed E-state index contributed by atoms with van der Waals surface area (Å²) < 4.78 is 67.1. The molecule has 0 aromatic heterocycles. The lowest BCUT2D eigenvalue weighted by Crippen LogP contribution is -2.50. The van der Waals surface area contributed by atoms with E-state index in [2.05, 4.69) is 4.90 Å². The largest absolute Gasteiger partial charge is 0.502 e. The topological polar surface area (TPSA) is 66.9 Å². The fraction of sp³-hybridized carbons (Fsp3) is 0.316. The van der Waals surface area contributed by atoms with Crippen molar-refractivity contribution in [3.63, 3.8) is 0 Å². The molecular formula is C19H18ClF3N2O4S. The first-order chi connectivity index (χ1) is 14.1. The highest BCUT2D eigenvalue weighted by atomic mass is 35.5. The van der Waals surface area contributed by atoms with E-state index in [1.807, 2.05) is 18.2 Å². The average molecular weight is 463 g/mol. The van der Waals surface area contributed by atoms with Crippen LogP contribution in [-0.2, 0) is 14.6 Å². The molecule has 1 aliphatic rings. The normalized spacial score (nSPS) is 15.2. The van der Waals surface area contributed by atoms with Crippen LogP contribution in [0.2, 0.25) is 5.02 Å². The van der Waals surface area contributed by atoms with E-state index in [1.165, 1.54) is 11.0 Å². The molecule has 0 spiro atoms. The van der Waals surface area contributed by atoms with Gasteiger partial charge in [-0.15, -0.1) is 0 Å². The lowest BCUT2D eigenvalue weighted by Gasteiger charge is -2.36. The summed E-state index contributed by atoms with van der Waals surface area (Å²) in [6, 6.07) is 11.7. The molecule has 0 unspecified atom stereocenters. The summed E-state index contributed by atoms with van der Waals surface area (Å²) in [4.78, 5) is 15.0. The molecule has 0 radical (unpaired) electrons. The van der Waals surface area contributed by atoms with Crippen LogP contribution in [0.15, 0.2) is 53.4 Å². The Labute approximate surface area is 176 Å². The molecule has 0 aliphatic carbocycles. The Hall–Kier alpha value is -2.46. The SMILES string of the molecule is O=C(COc1ccccc1S(=O)(=O)C(F)(F)F)N1CCN(c2cccc(Cl)c2)CC1. The van der Waals surface area contributed by atoms with Crippen LogP contribution in [-0.4, -0.2) is 57.5 Å². The Morgan fingerprint density at radius 1 is 1.03 bits per heavy atom. The molecule has 0 atom stereocenters. The summed E-state index contributed by atoms with van der Waals surface area (Å²) in [5, 5.41) is 0.604. The first-order valence-corrected chi connectivity index (χ1v) is 10.8. The number of ether oxygens (including phenoxy) is 1. The van der Waals surface area contributed by atoms with Crippen LogP contribution in [0, 0.1) is 0 Å². The molecule has 0 N–H and O–H groups in total. The summed E-state index contributed by atoms with van der Waals surface area (Å²) in [5.74, 6) is -0.958. The summed E-state index contributed by atoms with van der Waals surface area (Å²) in [6.07, 6.45) is 0. The quantitative estimate of drug-likeness (QED) is 0.681. The minimum atomic E-state index is -5.59. The number of amides is 1. The number of para-hydroxylation sites is 1. The molecular weight excluding hydrogens is 445 g/mol. The smallest absolute Gasteiger partial charge is 0.482 e. The molecule has 1 aliphatic heterocycles. The second-order valence-electron chi connectivity index (χ2n) is 6.53. The van der Waals surface area contributed by atoms with Gasteiger partial charge in [0.15, 0.2) is 6.61 Å². The minimum Gasteiger partial charge on any atom is -0.482 e. The second kappa shape index (κ2) is 8.73. The van der Waals surface area contributed by atoms with E-state index < -0.39 is 38.5 Å². The predicted octanol–water partition coefficient (Wildman–Crippen LogP) is 3.36. The number of hydrogen-bond donors (Lipinski definition) is 0. The molecule has 0 saturated carbocycles. The number of halogens is 4. The van der Waals surface area contributed by atoms with Crippen molar-refractivity contribution in [1.82, 2.24) is 4.90 Å². The van der Waals surface area contributed by atoms with Crippen molar-refractivity contribution in [3.8, 4) is 5.75 Å². The van der Waals surface area contributed by atoms with Gasteiger partial charge in [-0.05, 0) is 30.3 Å². The molecule has 2 aromatic rings. The maximum Gasteiger partial charge on any atom is 0.502 e. The van der Waals surface area contributed by atoms with Gasteiger partial charge in [-0.3, -0.25) is 4.79 Å². The lowest BCUT2D eigenvalue weighted by molar-refractivity contribution is -0.133. The molecule has 3 rings (SSSR count). The van der Waals surface area contributed by atoms with Gasteiger partial charge in [0.1, 0.15) is 10.6 Å². The van der Waals surface area contributed by atoms with Gasteiger partial charge in [0, 0.05) is 36.9 Å². The van der Waals surface area contributed by atoms with Gasteiger partial charge < -0.3 is 14.5 Å². The maximum absolute atomic E-state index is 12.9. The van der Waals surface area contributed by atoms with Gasteiger partial charge in [0.25, 0.3) is 15.7 Å². The molecule has 1 heterocycles. The number of anilines is 1. The Bertz CT molecular complexity index is 1020. The highest BCUT2D eigenvalue weighted by molar-refractivity contribution is 7.92. The Balaban J connectivity index is 1.61. The van der Waals surface area contributed by atoms with Crippen LogP contribution < -0.4 is 9.64 Å². The number of hydrogen-bond acceptors (Lipinski definition) is 5.